The molecule has 0 spiro atoms. The summed E-state index contributed by atoms with van der Waals surface area (Å²) >= 11 is 0. The van der Waals surface area contributed by atoms with E-state index in [2.05, 4.69) is 59.9 Å². The third-order valence-electron chi connectivity index (χ3n) is 4.46. The van der Waals surface area contributed by atoms with Crippen LogP contribution in [0.1, 0.15) is 0 Å². The Morgan fingerprint density at radius 3 is 2.42 bits per heavy atom. The monoisotopic (exact) mass is 309 g/mol. The van der Waals surface area contributed by atoms with Crippen molar-refractivity contribution in [2.75, 3.05) is 5.32 Å². The first-order valence-corrected chi connectivity index (χ1v) is 8.04. The number of para-hydroxylation sites is 2. The predicted molar refractivity (Wildman–Crippen MR) is 99.2 cm³/mol. The van der Waals surface area contributed by atoms with E-state index in [0.717, 1.165) is 22.9 Å². The highest BCUT2D eigenvalue weighted by Crippen LogP contribution is 2.43. The van der Waals surface area contributed by atoms with Crippen LogP contribution in [0.15, 0.2) is 84.9 Å². The highest BCUT2D eigenvalue weighted by molar-refractivity contribution is 5.97. The summed E-state index contributed by atoms with van der Waals surface area (Å²) in [5, 5.41) is 5.99. The predicted octanol–water partition coefficient (Wildman–Crippen LogP) is 6.36. The van der Waals surface area contributed by atoms with Crippen LogP contribution in [0.3, 0.4) is 0 Å². The van der Waals surface area contributed by atoms with Gasteiger partial charge in [-0.15, -0.1) is 0 Å². The van der Waals surface area contributed by atoms with E-state index >= 15 is 0 Å². The number of fused-ring (bicyclic) bond motifs is 3. The van der Waals surface area contributed by atoms with Gasteiger partial charge in [-0.3, -0.25) is 0 Å². The number of ether oxygens (including phenoxy) is 1. The van der Waals surface area contributed by atoms with Gasteiger partial charge in [0.15, 0.2) is 11.5 Å². The Morgan fingerprint density at radius 1 is 0.625 bits per heavy atom. The average molecular weight is 309 g/mol. The third kappa shape index (κ3) is 2.04. The van der Waals surface area contributed by atoms with Crippen LogP contribution in [0, 0.1) is 0 Å². The maximum absolute atomic E-state index is 5.99. The van der Waals surface area contributed by atoms with Crippen LogP contribution in [0.2, 0.25) is 0 Å². The zero-order chi connectivity index (χ0) is 15.9. The Labute approximate surface area is 140 Å². The molecule has 0 amide bonds. The molecular weight excluding hydrogens is 294 g/mol. The van der Waals surface area contributed by atoms with Gasteiger partial charge in [-0.2, -0.15) is 0 Å². The molecule has 1 aliphatic heterocycles. The number of nitrogens with one attached hydrogen (secondary N) is 1. The van der Waals surface area contributed by atoms with Crippen LogP contribution in [0.5, 0.6) is 11.5 Å². The molecule has 1 aliphatic rings. The van der Waals surface area contributed by atoms with Gasteiger partial charge in [0.1, 0.15) is 0 Å². The number of benzene rings is 4. The van der Waals surface area contributed by atoms with Crippen LogP contribution in [0.4, 0.5) is 11.4 Å². The lowest BCUT2D eigenvalue weighted by atomic mass is 9.97. The molecule has 4 aromatic rings. The molecule has 4 aromatic carbocycles. The van der Waals surface area contributed by atoms with E-state index in [1.807, 2.05) is 30.3 Å². The number of rotatable bonds is 1. The van der Waals surface area contributed by atoms with Crippen molar-refractivity contribution in [3.05, 3.63) is 84.9 Å². The Hall–Kier alpha value is -3.26. The fourth-order valence-electron chi connectivity index (χ4n) is 3.28. The SMILES string of the molecule is c1ccc2c(c1)Nc1cc(-c3cccc4ccccc34)ccc1O2. The molecule has 0 atom stereocenters. The van der Waals surface area contributed by atoms with E-state index < -0.39 is 0 Å². The van der Waals surface area contributed by atoms with Crippen molar-refractivity contribution < 1.29 is 4.74 Å². The van der Waals surface area contributed by atoms with Crippen molar-refractivity contribution in [3.8, 4) is 22.6 Å². The van der Waals surface area contributed by atoms with E-state index in [0.29, 0.717) is 0 Å². The van der Waals surface area contributed by atoms with Crippen LogP contribution < -0.4 is 10.1 Å². The second-order valence-electron chi connectivity index (χ2n) is 5.96. The first-order chi connectivity index (χ1) is 11.9. The quantitative estimate of drug-likeness (QED) is 0.389. The minimum absolute atomic E-state index is 0.859. The van der Waals surface area contributed by atoms with Crippen molar-refractivity contribution in [2.24, 2.45) is 0 Å². The van der Waals surface area contributed by atoms with E-state index in [1.54, 1.807) is 0 Å². The Morgan fingerprint density at radius 2 is 1.42 bits per heavy atom. The Balaban J connectivity index is 1.64. The summed E-state index contributed by atoms with van der Waals surface area (Å²) < 4.78 is 5.99. The highest BCUT2D eigenvalue weighted by Gasteiger charge is 2.16. The van der Waals surface area contributed by atoms with Crippen molar-refractivity contribution in [1.82, 2.24) is 0 Å². The molecule has 0 saturated heterocycles. The van der Waals surface area contributed by atoms with E-state index in [-0.39, 0.29) is 0 Å². The Kier molecular flexibility index (Phi) is 2.83. The van der Waals surface area contributed by atoms with Gasteiger partial charge in [-0.25, -0.2) is 0 Å². The summed E-state index contributed by atoms with van der Waals surface area (Å²) in [6.45, 7) is 0. The molecular formula is C22H15NO. The molecule has 2 nitrogen and oxygen atoms in total. The van der Waals surface area contributed by atoms with Gasteiger partial charge in [0.05, 0.1) is 11.4 Å². The molecule has 114 valence electrons. The normalized spacial score (nSPS) is 12.0. The van der Waals surface area contributed by atoms with Crippen LogP contribution in [-0.2, 0) is 0 Å². The van der Waals surface area contributed by atoms with Gasteiger partial charge in [0, 0.05) is 0 Å². The average Bonchev–Trinajstić information content (AvgIpc) is 2.65. The molecule has 1 N–H and O–H groups in total. The standard InChI is InChI=1S/C22H15NO/c1-2-8-17-15(6-1)7-5-9-18(17)16-12-13-22-20(14-16)23-19-10-3-4-11-21(19)24-22/h1-14,23H. The summed E-state index contributed by atoms with van der Waals surface area (Å²) in [5.74, 6) is 1.72. The number of anilines is 2. The first kappa shape index (κ1) is 13.2. The molecule has 2 heteroatoms. The smallest absolute Gasteiger partial charge is 0.151 e. The molecule has 1 heterocycles. The number of hydrogen-bond donors (Lipinski definition) is 1. The summed E-state index contributed by atoms with van der Waals surface area (Å²) in [4.78, 5) is 0. The second kappa shape index (κ2) is 5.14. The topological polar surface area (TPSA) is 21.3 Å². The fraction of sp³-hybridized carbons (Fsp3) is 0. The molecule has 0 unspecified atom stereocenters. The molecule has 0 aliphatic carbocycles. The largest absolute Gasteiger partial charge is 0.453 e. The van der Waals surface area contributed by atoms with E-state index in [1.165, 1.54) is 21.9 Å². The minimum atomic E-state index is 0.859. The summed E-state index contributed by atoms with van der Waals surface area (Å²) in [5.41, 5.74) is 4.41. The van der Waals surface area contributed by atoms with Crippen molar-refractivity contribution in [2.45, 2.75) is 0 Å². The molecule has 0 fully saturated rings. The molecule has 0 bridgehead atoms. The lowest BCUT2D eigenvalue weighted by Gasteiger charge is -2.22. The molecule has 0 saturated carbocycles. The van der Waals surface area contributed by atoms with Crippen LogP contribution in [-0.4, -0.2) is 0 Å². The van der Waals surface area contributed by atoms with Gasteiger partial charge in [0.25, 0.3) is 0 Å². The molecule has 5 rings (SSSR count). The molecule has 0 radical (unpaired) electrons. The van der Waals surface area contributed by atoms with E-state index in [9.17, 15) is 0 Å². The zero-order valence-corrected chi connectivity index (χ0v) is 13.0. The van der Waals surface area contributed by atoms with E-state index in [4.69, 9.17) is 4.74 Å². The van der Waals surface area contributed by atoms with Crippen molar-refractivity contribution >= 4 is 22.1 Å². The lowest BCUT2D eigenvalue weighted by molar-refractivity contribution is 0.481. The molecule has 24 heavy (non-hydrogen) atoms. The third-order valence-corrected chi connectivity index (χ3v) is 4.46. The zero-order valence-electron chi connectivity index (χ0n) is 13.0. The molecule has 0 aromatic heterocycles. The maximum atomic E-state index is 5.99. The van der Waals surface area contributed by atoms with Crippen molar-refractivity contribution in [1.29, 1.82) is 0 Å². The summed E-state index contributed by atoms with van der Waals surface area (Å²) in [7, 11) is 0. The van der Waals surface area contributed by atoms with Crippen molar-refractivity contribution in [3.63, 3.8) is 0 Å². The minimum Gasteiger partial charge on any atom is -0.453 e. The van der Waals surface area contributed by atoms with Gasteiger partial charge >= 0.3 is 0 Å². The summed E-state index contributed by atoms with van der Waals surface area (Å²) in [6.07, 6.45) is 0. The maximum Gasteiger partial charge on any atom is 0.151 e. The second-order valence-corrected chi connectivity index (χ2v) is 5.96. The van der Waals surface area contributed by atoms with Crippen LogP contribution in [0.25, 0.3) is 21.9 Å². The Bertz CT molecular complexity index is 1060. The lowest BCUT2D eigenvalue weighted by Crippen LogP contribution is -2.02. The van der Waals surface area contributed by atoms with Gasteiger partial charge in [-0.05, 0) is 46.2 Å². The number of hydrogen-bond acceptors (Lipinski definition) is 2. The summed E-state index contributed by atoms with van der Waals surface area (Å²) in [6, 6.07) is 29.2. The highest BCUT2D eigenvalue weighted by atomic mass is 16.5. The fourth-order valence-corrected chi connectivity index (χ4v) is 3.28. The first-order valence-electron chi connectivity index (χ1n) is 8.04. The van der Waals surface area contributed by atoms with Gasteiger partial charge in [-0.1, -0.05) is 60.7 Å². The van der Waals surface area contributed by atoms with Gasteiger partial charge < -0.3 is 10.1 Å². The van der Waals surface area contributed by atoms with Gasteiger partial charge in [0.2, 0.25) is 0 Å². The van der Waals surface area contributed by atoms with Crippen LogP contribution >= 0.6 is 0 Å².